The van der Waals surface area contributed by atoms with Gasteiger partial charge in [0, 0.05) is 12.3 Å². The fraction of sp³-hybridized carbons (Fsp3) is 0.444. The van der Waals surface area contributed by atoms with Crippen LogP contribution in [0.2, 0.25) is 0 Å². The van der Waals surface area contributed by atoms with Crippen molar-refractivity contribution in [2.24, 2.45) is 0 Å². The fourth-order valence-electron chi connectivity index (χ4n) is 1.78. The number of hydroxylamine groups is 1. The van der Waals surface area contributed by atoms with Crippen LogP contribution in [0.15, 0.2) is 23.5 Å². The first kappa shape index (κ1) is 8.17. The van der Waals surface area contributed by atoms with Crippen molar-refractivity contribution in [3.8, 4) is 0 Å². The van der Waals surface area contributed by atoms with Crippen molar-refractivity contribution in [2.45, 2.75) is 18.9 Å². The molecule has 1 fully saturated rings. The van der Waals surface area contributed by atoms with Crippen LogP contribution >= 0.6 is 11.6 Å². The second-order valence-electron chi connectivity index (χ2n) is 3.79. The average Bonchev–Trinajstić information content (AvgIpc) is 2.91. The van der Waals surface area contributed by atoms with E-state index >= 15 is 0 Å². The van der Waals surface area contributed by atoms with Gasteiger partial charge in [0.1, 0.15) is 0 Å². The smallest absolute Gasteiger partial charge is 0.283 e. The van der Waals surface area contributed by atoms with Gasteiger partial charge in [-0.25, -0.2) is 0 Å². The molecule has 1 aliphatic carbocycles. The Morgan fingerprint density at radius 1 is 1.57 bits per heavy atom. The lowest BCUT2D eigenvalue weighted by atomic mass is 10.1. The highest BCUT2D eigenvalue weighted by Crippen LogP contribution is 2.34. The minimum atomic E-state index is 0.270. The second-order valence-corrected chi connectivity index (χ2v) is 4.18. The summed E-state index contributed by atoms with van der Waals surface area (Å²) in [5.74, 6) is 0. The molecule has 2 heterocycles. The molecular weight excluding hydrogens is 202 g/mol. The molecule has 3 aliphatic rings. The maximum absolute atomic E-state index is 11.2. The third kappa shape index (κ3) is 1.10. The average molecular weight is 212 g/mol. The van der Waals surface area contributed by atoms with E-state index in [1.807, 2.05) is 6.20 Å². The van der Waals surface area contributed by atoms with Gasteiger partial charge in [-0.15, -0.1) is 0 Å². The summed E-state index contributed by atoms with van der Waals surface area (Å²) >= 11 is 5.80. The van der Waals surface area contributed by atoms with Gasteiger partial charge >= 0.3 is 0 Å². The Hall–Kier alpha value is -1.16. The topological polar surface area (TPSA) is 41.3 Å². The Kier molecular flexibility index (Phi) is 1.56. The van der Waals surface area contributed by atoms with Gasteiger partial charge in [-0.2, -0.15) is 4.74 Å². The molecule has 1 N–H and O–H groups in total. The number of allylic oxidation sites excluding steroid dienone is 1. The minimum absolute atomic E-state index is 0.270. The summed E-state index contributed by atoms with van der Waals surface area (Å²) in [6.45, 7) is 0.348. The van der Waals surface area contributed by atoms with Crippen LogP contribution in [0.25, 0.3) is 0 Å². The summed E-state index contributed by atoms with van der Waals surface area (Å²) in [7, 11) is 0. The number of rotatable bonds is 1. The molecule has 5 heteroatoms. The monoisotopic (exact) mass is 211 g/mol. The van der Waals surface area contributed by atoms with E-state index in [1.165, 1.54) is 12.8 Å². The van der Waals surface area contributed by atoms with Crippen LogP contribution in [0, 0.1) is 5.21 Å². The number of fused-ring (bicyclic) bond motifs is 1. The van der Waals surface area contributed by atoms with Crippen molar-refractivity contribution in [2.75, 3.05) is 6.54 Å². The molecule has 0 aromatic rings. The highest BCUT2D eigenvalue weighted by Gasteiger charge is 2.37. The van der Waals surface area contributed by atoms with E-state index in [0.29, 0.717) is 12.6 Å². The largest absolute Gasteiger partial charge is 0.622 e. The van der Waals surface area contributed by atoms with Crippen molar-refractivity contribution in [1.29, 1.82) is 0 Å². The standard InChI is InChI=1S/C9H10ClN3O/c10-9-3-8-6(5-12(9)14)4-11-13(8)7-1-2-7/h3-4,7,11H,1-2,5H2. The Morgan fingerprint density at radius 3 is 3.07 bits per heavy atom. The highest BCUT2D eigenvalue weighted by atomic mass is 35.5. The summed E-state index contributed by atoms with van der Waals surface area (Å²) in [6.07, 6.45) is 6.05. The molecule has 0 radical (unpaired) electrons. The van der Waals surface area contributed by atoms with Crippen LogP contribution in [0.5, 0.6) is 0 Å². The number of hydrogen-bond donors (Lipinski definition) is 1. The predicted octanol–water partition coefficient (Wildman–Crippen LogP) is 0.898. The first-order valence-electron chi connectivity index (χ1n) is 4.69. The molecule has 0 unspecified atom stereocenters. The van der Waals surface area contributed by atoms with E-state index in [2.05, 4.69) is 10.4 Å². The van der Waals surface area contributed by atoms with Crippen LogP contribution in [0.4, 0.5) is 0 Å². The third-order valence-electron chi connectivity index (χ3n) is 2.69. The van der Waals surface area contributed by atoms with E-state index in [4.69, 9.17) is 11.6 Å². The van der Waals surface area contributed by atoms with Crippen molar-refractivity contribution >= 4 is 16.8 Å². The lowest BCUT2D eigenvalue weighted by molar-refractivity contribution is -0.445. The number of halogens is 1. The van der Waals surface area contributed by atoms with Crippen LogP contribution < -0.4 is 5.43 Å². The van der Waals surface area contributed by atoms with E-state index in [0.717, 1.165) is 16.0 Å². The predicted molar refractivity (Wildman–Crippen MR) is 53.5 cm³/mol. The maximum Gasteiger partial charge on any atom is 0.283 e. The quantitative estimate of drug-likeness (QED) is 0.518. The van der Waals surface area contributed by atoms with Gasteiger partial charge in [0.15, 0.2) is 6.54 Å². The Labute approximate surface area is 86.7 Å². The number of nitrogens with one attached hydrogen (secondary N) is 1. The van der Waals surface area contributed by atoms with Gasteiger partial charge in [0.25, 0.3) is 5.17 Å². The van der Waals surface area contributed by atoms with Crippen LogP contribution in [0.3, 0.4) is 0 Å². The first-order chi connectivity index (χ1) is 6.75. The van der Waals surface area contributed by atoms with E-state index in [9.17, 15) is 5.21 Å². The van der Waals surface area contributed by atoms with Gasteiger partial charge < -0.3 is 10.6 Å². The zero-order valence-corrected chi connectivity index (χ0v) is 8.29. The molecule has 0 amide bonds. The molecule has 1 saturated carbocycles. The summed E-state index contributed by atoms with van der Waals surface area (Å²) < 4.78 is 0.801. The fourth-order valence-corrected chi connectivity index (χ4v) is 1.95. The number of nitrogens with zero attached hydrogens (tertiary/aromatic N) is 2. The zero-order chi connectivity index (χ0) is 9.71. The van der Waals surface area contributed by atoms with Gasteiger partial charge in [-0.1, -0.05) is 0 Å². The molecule has 0 atom stereocenters. The molecule has 0 spiro atoms. The molecule has 14 heavy (non-hydrogen) atoms. The van der Waals surface area contributed by atoms with Crippen molar-refractivity contribution in [3.63, 3.8) is 0 Å². The lowest BCUT2D eigenvalue weighted by Crippen LogP contribution is -2.33. The lowest BCUT2D eigenvalue weighted by Gasteiger charge is -2.22. The second kappa shape index (κ2) is 2.67. The molecule has 3 rings (SSSR count). The highest BCUT2D eigenvalue weighted by molar-refractivity contribution is 6.67. The van der Waals surface area contributed by atoms with E-state index < -0.39 is 0 Å². The van der Waals surface area contributed by atoms with E-state index in [-0.39, 0.29) is 5.17 Å². The molecule has 0 saturated heterocycles. The summed E-state index contributed by atoms with van der Waals surface area (Å²) in [6, 6.07) is 0.581. The number of hydrogen-bond acceptors (Lipinski definition) is 3. The minimum Gasteiger partial charge on any atom is -0.622 e. The summed E-state index contributed by atoms with van der Waals surface area (Å²) in [4.78, 5) is 0. The molecule has 0 bridgehead atoms. The normalized spacial score (nSPS) is 25.6. The molecule has 0 aromatic carbocycles. The van der Waals surface area contributed by atoms with Gasteiger partial charge in [-0.3, -0.25) is 5.01 Å². The van der Waals surface area contributed by atoms with Crippen molar-refractivity contribution in [3.05, 3.63) is 28.8 Å². The SMILES string of the molecule is [O-][N+]1=C(Cl)C=C2C(=CNN2C2CC2)C1. The summed E-state index contributed by atoms with van der Waals surface area (Å²) in [5, 5.41) is 13.6. The molecule has 2 aliphatic heterocycles. The van der Waals surface area contributed by atoms with Crippen molar-refractivity contribution < 1.29 is 4.74 Å². The Morgan fingerprint density at radius 2 is 2.36 bits per heavy atom. The molecule has 4 nitrogen and oxygen atoms in total. The van der Waals surface area contributed by atoms with Gasteiger partial charge in [0.05, 0.1) is 17.3 Å². The van der Waals surface area contributed by atoms with Crippen molar-refractivity contribution in [1.82, 2.24) is 10.4 Å². The molecule has 0 aromatic heterocycles. The zero-order valence-electron chi connectivity index (χ0n) is 7.53. The van der Waals surface area contributed by atoms with Gasteiger partial charge in [0.2, 0.25) is 0 Å². The van der Waals surface area contributed by atoms with Crippen LogP contribution in [0.1, 0.15) is 12.8 Å². The number of hydrazine groups is 1. The van der Waals surface area contributed by atoms with Crippen LogP contribution in [-0.4, -0.2) is 27.5 Å². The Bertz CT molecular complexity index is 382. The third-order valence-corrected chi connectivity index (χ3v) is 2.98. The molecular formula is C9H10ClN3O. The maximum atomic E-state index is 11.2. The molecule has 74 valence electrons. The van der Waals surface area contributed by atoms with Gasteiger partial charge in [-0.05, 0) is 24.4 Å². The summed E-state index contributed by atoms with van der Waals surface area (Å²) in [5.41, 5.74) is 5.25. The van der Waals surface area contributed by atoms with Crippen LogP contribution in [-0.2, 0) is 0 Å². The van der Waals surface area contributed by atoms with E-state index in [1.54, 1.807) is 6.08 Å². The first-order valence-corrected chi connectivity index (χ1v) is 5.07. The Balaban J connectivity index is 1.96.